The Morgan fingerprint density at radius 1 is 1.00 bits per heavy atom. The first-order chi connectivity index (χ1) is 11.9. The maximum absolute atomic E-state index is 12.4. The summed E-state index contributed by atoms with van der Waals surface area (Å²) in [6.07, 6.45) is 0. The molecule has 0 spiro atoms. The van der Waals surface area contributed by atoms with E-state index in [1.54, 1.807) is 7.11 Å². The van der Waals surface area contributed by atoms with E-state index in [-0.39, 0.29) is 6.03 Å². The minimum Gasteiger partial charge on any atom is -0.497 e. The fraction of sp³-hybridized carbons (Fsp3) is 0.381. The number of ether oxygens (including phenoxy) is 1. The van der Waals surface area contributed by atoms with E-state index in [0.717, 1.165) is 28.1 Å². The molecule has 0 aromatic heterocycles. The van der Waals surface area contributed by atoms with E-state index in [0.29, 0.717) is 18.4 Å². The summed E-state index contributed by atoms with van der Waals surface area (Å²) in [6.45, 7) is 9.00. The third-order valence-corrected chi connectivity index (χ3v) is 4.20. The lowest BCUT2D eigenvalue weighted by atomic mass is 9.93. The molecule has 0 atom stereocenters. The molecule has 0 aliphatic carbocycles. The molecule has 4 nitrogen and oxygen atoms in total. The molecular weight excluding hydrogens is 312 g/mol. The highest BCUT2D eigenvalue weighted by Crippen LogP contribution is 2.32. The summed E-state index contributed by atoms with van der Waals surface area (Å²) in [5, 5.41) is 5.98. The van der Waals surface area contributed by atoms with Gasteiger partial charge in [0.1, 0.15) is 5.75 Å². The number of anilines is 1. The first-order valence-electron chi connectivity index (χ1n) is 8.73. The van der Waals surface area contributed by atoms with Gasteiger partial charge in [0.15, 0.2) is 0 Å². The number of carbonyl (C=O) groups is 1. The van der Waals surface area contributed by atoms with Crippen LogP contribution in [0.5, 0.6) is 5.75 Å². The second-order valence-electron chi connectivity index (χ2n) is 6.78. The van der Waals surface area contributed by atoms with Crippen molar-refractivity contribution in [1.29, 1.82) is 0 Å². The first kappa shape index (κ1) is 18.8. The molecule has 2 amide bonds. The van der Waals surface area contributed by atoms with Gasteiger partial charge < -0.3 is 15.4 Å². The van der Waals surface area contributed by atoms with Crippen molar-refractivity contribution < 1.29 is 9.53 Å². The number of carbonyl (C=O) groups excluding carboxylic acids is 1. The molecule has 0 aliphatic heterocycles. The molecule has 0 radical (unpaired) electrons. The molecule has 2 N–H and O–H groups in total. The number of methoxy groups -OCH3 is 1. The van der Waals surface area contributed by atoms with Crippen LogP contribution < -0.4 is 15.4 Å². The van der Waals surface area contributed by atoms with Crippen molar-refractivity contribution in [2.24, 2.45) is 0 Å². The minimum absolute atomic E-state index is 0.196. The van der Waals surface area contributed by atoms with Crippen LogP contribution in [0.1, 0.15) is 56.2 Å². The van der Waals surface area contributed by atoms with E-state index in [4.69, 9.17) is 4.74 Å². The molecule has 25 heavy (non-hydrogen) atoms. The van der Waals surface area contributed by atoms with Gasteiger partial charge in [0.05, 0.1) is 7.11 Å². The Morgan fingerprint density at radius 2 is 1.60 bits per heavy atom. The van der Waals surface area contributed by atoms with Gasteiger partial charge in [-0.1, -0.05) is 58.0 Å². The quantitative estimate of drug-likeness (QED) is 0.753. The van der Waals surface area contributed by atoms with Gasteiger partial charge in [-0.2, -0.15) is 0 Å². The molecule has 0 heterocycles. The Labute approximate surface area is 150 Å². The molecule has 0 saturated heterocycles. The number of hydrogen-bond acceptors (Lipinski definition) is 2. The second kappa shape index (κ2) is 8.56. The summed E-state index contributed by atoms with van der Waals surface area (Å²) in [6, 6.07) is 13.7. The zero-order chi connectivity index (χ0) is 18.4. The van der Waals surface area contributed by atoms with Crippen LogP contribution in [0.25, 0.3) is 0 Å². The zero-order valence-corrected chi connectivity index (χ0v) is 15.7. The van der Waals surface area contributed by atoms with Gasteiger partial charge in [0, 0.05) is 12.2 Å². The van der Waals surface area contributed by atoms with Crippen molar-refractivity contribution in [2.45, 2.75) is 46.1 Å². The summed E-state index contributed by atoms with van der Waals surface area (Å²) < 4.78 is 5.21. The van der Waals surface area contributed by atoms with Crippen molar-refractivity contribution in [3.05, 3.63) is 59.2 Å². The van der Waals surface area contributed by atoms with Crippen molar-refractivity contribution in [1.82, 2.24) is 5.32 Å². The second-order valence-corrected chi connectivity index (χ2v) is 6.78. The van der Waals surface area contributed by atoms with Gasteiger partial charge in [-0.25, -0.2) is 4.79 Å². The third kappa shape index (κ3) is 4.99. The monoisotopic (exact) mass is 340 g/mol. The van der Waals surface area contributed by atoms with E-state index in [1.807, 2.05) is 24.3 Å². The van der Waals surface area contributed by atoms with Crippen molar-refractivity contribution in [3.63, 3.8) is 0 Å². The molecule has 0 bridgehead atoms. The number of rotatable bonds is 6. The largest absolute Gasteiger partial charge is 0.497 e. The van der Waals surface area contributed by atoms with Crippen LogP contribution in [0.4, 0.5) is 10.5 Å². The SMILES string of the molecule is COc1cccc(CNC(=O)Nc2c(C(C)C)cccc2C(C)C)c1. The Bertz CT molecular complexity index is 697. The predicted molar refractivity (Wildman–Crippen MR) is 103 cm³/mol. The van der Waals surface area contributed by atoms with Gasteiger partial charge in [0.2, 0.25) is 0 Å². The Hall–Kier alpha value is -2.49. The molecule has 4 heteroatoms. The van der Waals surface area contributed by atoms with Gasteiger partial charge >= 0.3 is 6.03 Å². The molecule has 0 aliphatic rings. The van der Waals surface area contributed by atoms with E-state index in [1.165, 1.54) is 0 Å². The normalized spacial score (nSPS) is 10.8. The fourth-order valence-electron chi connectivity index (χ4n) is 2.82. The molecule has 2 aromatic carbocycles. The molecule has 134 valence electrons. The number of benzene rings is 2. The van der Waals surface area contributed by atoms with Gasteiger partial charge in [-0.15, -0.1) is 0 Å². The summed E-state index contributed by atoms with van der Waals surface area (Å²) in [5.41, 5.74) is 4.23. The van der Waals surface area contributed by atoms with E-state index in [2.05, 4.69) is 56.5 Å². The average Bonchev–Trinajstić information content (AvgIpc) is 2.60. The smallest absolute Gasteiger partial charge is 0.319 e. The summed E-state index contributed by atoms with van der Waals surface area (Å²) in [7, 11) is 1.63. The van der Waals surface area contributed by atoms with Crippen LogP contribution >= 0.6 is 0 Å². The van der Waals surface area contributed by atoms with E-state index < -0.39 is 0 Å². The lowest BCUT2D eigenvalue weighted by Gasteiger charge is -2.20. The summed E-state index contributed by atoms with van der Waals surface area (Å²) in [4.78, 5) is 12.4. The topological polar surface area (TPSA) is 50.4 Å². The van der Waals surface area contributed by atoms with Crippen LogP contribution in [-0.2, 0) is 6.54 Å². The van der Waals surface area contributed by atoms with Crippen molar-refractivity contribution in [3.8, 4) is 5.75 Å². The van der Waals surface area contributed by atoms with Crippen molar-refractivity contribution in [2.75, 3.05) is 12.4 Å². The van der Waals surface area contributed by atoms with Crippen LogP contribution in [0.3, 0.4) is 0 Å². The molecule has 0 saturated carbocycles. The third-order valence-electron chi connectivity index (χ3n) is 4.20. The Morgan fingerprint density at radius 3 is 2.16 bits per heavy atom. The highest BCUT2D eigenvalue weighted by molar-refractivity contribution is 5.91. The van der Waals surface area contributed by atoms with E-state index >= 15 is 0 Å². The lowest BCUT2D eigenvalue weighted by Crippen LogP contribution is -2.29. The molecule has 0 unspecified atom stereocenters. The molecule has 0 fully saturated rings. The van der Waals surface area contributed by atoms with Crippen molar-refractivity contribution >= 4 is 11.7 Å². The zero-order valence-electron chi connectivity index (χ0n) is 15.7. The number of urea groups is 1. The number of para-hydroxylation sites is 1. The Kier molecular flexibility index (Phi) is 6.45. The lowest BCUT2D eigenvalue weighted by molar-refractivity contribution is 0.251. The number of amides is 2. The van der Waals surface area contributed by atoms with Gasteiger partial charge in [-0.3, -0.25) is 0 Å². The van der Waals surface area contributed by atoms with Gasteiger partial charge in [-0.05, 0) is 40.7 Å². The van der Waals surface area contributed by atoms with Crippen LogP contribution in [0, 0.1) is 0 Å². The Balaban J connectivity index is 2.12. The van der Waals surface area contributed by atoms with Crippen LogP contribution in [0.2, 0.25) is 0 Å². The van der Waals surface area contributed by atoms with Gasteiger partial charge in [0.25, 0.3) is 0 Å². The number of nitrogens with one attached hydrogen (secondary N) is 2. The molecular formula is C21H28N2O2. The van der Waals surface area contributed by atoms with Crippen LogP contribution in [-0.4, -0.2) is 13.1 Å². The maximum Gasteiger partial charge on any atom is 0.319 e. The molecule has 2 rings (SSSR count). The maximum atomic E-state index is 12.4. The van der Waals surface area contributed by atoms with Crippen LogP contribution in [0.15, 0.2) is 42.5 Å². The highest BCUT2D eigenvalue weighted by Gasteiger charge is 2.15. The minimum atomic E-state index is -0.196. The summed E-state index contributed by atoms with van der Waals surface area (Å²) in [5.74, 6) is 1.46. The molecule has 2 aromatic rings. The van der Waals surface area contributed by atoms with E-state index in [9.17, 15) is 4.79 Å². The fourth-order valence-corrected chi connectivity index (χ4v) is 2.82. The highest BCUT2D eigenvalue weighted by atomic mass is 16.5. The predicted octanol–water partition coefficient (Wildman–Crippen LogP) is 5.26. The average molecular weight is 340 g/mol. The summed E-state index contributed by atoms with van der Waals surface area (Å²) >= 11 is 0. The first-order valence-corrected chi connectivity index (χ1v) is 8.73. The standard InChI is InChI=1S/C21H28N2O2/c1-14(2)18-10-7-11-19(15(3)4)20(18)23-21(24)22-13-16-8-6-9-17(12-16)25-5/h6-12,14-15H,13H2,1-5H3,(H2,22,23,24). The number of hydrogen-bond donors (Lipinski definition) is 2.